The number of hydrogen-bond acceptors (Lipinski definition) is 2. The van der Waals surface area contributed by atoms with E-state index >= 15 is 0 Å². The molecule has 0 bridgehead atoms. The van der Waals surface area contributed by atoms with E-state index in [2.05, 4.69) is 17.2 Å². The fourth-order valence-electron chi connectivity index (χ4n) is 2.16. The highest BCUT2D eigenvalue weighted by atomic mass is 16.2. The third-order valence-electron chi connectivity index (χ3n) is 3.27. The van der Waals surface area contributed by atoms with Crippen molar-refractivity contribution in [1.29, 1.82) is 0 Å². The van der Waals surface area contributed by atoms with Crippen LogP contribution in [0.25, 0.3) is 0 Å². The first-order chi connectivity index (χ1) is 6.76. The molecule has 1 aromatic rings. The topological polar surface area (TPSA) is 42.0 Å². The van der Waals surface area contributed by atoms with E-state index in [-0.39, 0.29) is 11.3 Å². The minimum Gasteiger partial charge on any atom is -0.325 e. The first-order valence-electron chi connectivity index (χ1n) is 5.07. The highest BCUT2D eigenvalue weighted by Crippen LogP contribution is 2.54. The van der Waals surface area contributed by atoms with Gasteiger partial charge in [-0.25, -0.2) is 0 Å². The molecule has 0 unspecified atom stereocenters. The zero-order valence-electron chi connectivity index (χ0n) is 8.13. The Hall–Kier alpha value is -1.38. The molecule has 1 aliphatic carbocycles. The number of carbonyl (C=O) groups excluding carboxylic acids is 1. The molecule has 1 amide bonds. The number of carbonyl (C=O) groups is 1. The van der Waals surface area contributed by atoms with Gasteiger partial charge in [-0.3, -0.25) is 9.78 Å². The molecule has 1 saturated carbocycles. The van der Waals surface area contributed by atoms with Crippen molar-refractivity contribution in [3.63, 3.8) is 0 Å². The maximum atomic E-state index is 11.7. The summed E-state index contributed by atoms with van der Waals surface area (Å²) in [5, 5.41) is 2.95. The number of rotatable bonds is 1. The molecular formula is C11H12N2O. The zero-order valence-corrected chi connectivity index (χ0v) is 8.13. The van der Waals surface area contributed by atoms with Crippen LogP contribution in [0.5, 0.6) is 0 Å². The minimum absolute atomic E-state index is 0.169. The summed E-state index contributed by atoms with van der Waals surface area (Å²) in [7, 11) is 0. The van der Waals surface area contributed by atoms with E-state index in [4.69, 9.17) is 0 Å². The largest absolute Gasteiger partial charge is 0.325 e. The number of aryl methyl sites for hydroxylation is 1. The summed E-state index contributed by atoms with van der Waals surface area (Å²) in [6.07, 6.45) is 4.76. The Kier molecular flexibility index (Phi) is 1.34. The van der Waals surface area contributed by atoms with Gasteiger partial charge in [-0.05, 0) is 25.3 Å². The summed E-state index contributed by atoms with van der Waals surface area (Å²) in [5.74, 6) is 0.169. The van der Waals surface area contributed by atoms with Crippen molar-refractivity contribution in [1.82, 2.24) is 4.98 Å². The van der Waals surface area contributed by atoms with Gasteiger partial charge in [-0.2, -0.15) is 0 Å². The summed E-state index contributed by atoms with van der Waals surface area (Å²) in [5.41, 5.74) is 2.95. The Morgan fingerprint density at radius 1 is 1.57 bits per heavy atom. The third kappa shape index (κ3) is 0.820. The van der Waals surface area contributed by atoms with Crippen LogP contribution in [-0.2, 0) is 16.6 Å². The predicted octanol–water partition coefficient (Wildman–Crippen LogP) is 1.63. The number of amides is 1. The smallest absolute Gasteiger partial charge is 0.235 e. The van der Waals surface area contributed by atoms with Crippen molar-refractivity contribution < 1.29 is 4.79 Å². The summed E-state index contributed by atoms with van der Waals surface area (Å²) in [6, 6.07) is 2.00. The van der Waals surface area contributed by atoms with Crippen LogP contribution in [0.15, 0.2) is 12.3 Å². The lowest BCUT2D eigenvalue weighted by atomic mass is 9.99. The van der Waals surface area contributed by atoms with Crippen molar-refractivity contribution in [2.45, 2.75) is 31.6 Å². The number of aromatic nitrogens is 1. The van der Waals surface area contributed by atoms with Crippen LogP contribution in [0.1, 0.15) is 31.0 Å². The number of fused-ring (bicyclic) bond motifs is 2. The van der Waals surface area contributed by atoms with Crippen molar-refractivity contribution >= 4 is 11.6 Å². The maximum absolute atomic E-state index is 11.7. The van der Waals surface area contributed by atoms with E-state index in [0.717, 1.165) is 36.2 Å². The highest BCUT2D eigenvalue weighted by Gasteiger charge is 2.56. The Morgan fingerprint density at radius 3 is 3.00 bits per heavy atom. The van der Waals surface area contributed by atoms with Crippen LogP contribution in [0.4, 0.5) is 5.69 Å². The van der Waals surface area contributed by atoms with E-state index in [1.54, 1.807) is 0 Å². The second-order valence-corrected chi connectivity index (χ2v) is 4.11. The second kappa shape index (κ2) is 2.35. The monoisotopic (exact) mass is 188 g/mol. The second-order valence-electron chi connectivity index (χ2n) is 4.11. The van der Waals surface area contributed by atoms with E-state index < -0.39 is 0 Å². The van der Waals surface area contributed by atoms with Gasteiger partial charge in [0.05, 0.1) is 5.41 Å². The molecule has 3 nitrogen and oxygen atoms in total. The number of nitrogens with one attached hydrogen (secondary N) is 1. The van der Waals surface area contributed by atoms with Crippen LogP contribution in [0.2, 0.25) is 0 Å². The van der Waals surface area contributed by atoms with Gasteiger partial charge in [0.25, 0.3) is 0 Å². The van der Waals surface area contributed by atoms with Crippen LogP contribution in [-0.4, -0.2) is 10.9 Å². The molecule has 3 rings (SSSR count). The molecule has 1 N–H and O–H groups in total. The molecule has 1 aromatic heterocycles. The molecule has 2 heterocycles. The normalized spacial score (nSPS) is 20.8. The number of hydrogen-bond donors (Lipinski definition) is 1. The van der Waals surface area contributed by atoms with E-state index in [0.29, 0.717) is 0 Å². The highest BCUT2D eigenvalue weighted by molar-refractivity contribution is 6.08. The molecule has 1 spiro atoms. The van der Waals surface area contributed by atoms with Crippen molar-refractivity contribution in [3.05, 3.63) is 23.5 Å². The quantitative estimate of drug-likeness (QED) is 0.727. The fraction of sp³-hybridized carbons (Fsp3) is 0.455. The van der Waals surface area contributed by atoms with E-state index in [1.807, 2.05) is 12.3 Å². The van der Waals surface area contributed by atoms with Crippen LogP contribution < -0.4 is 5.32 Å². The molecular weight excluding hydrogens is 176 g/mol. The fourth-order valence-corrected chi connectivity index (χ4v) is 2.16. The van der Waals surface area contributed by atoms with Gasteiger partial charge in [-0.1, -0.05) is 6.92 Å². The van der Waals surface area contributed by atoms with Crippen LogP contribution in [0.3, 0.4) is 0 Å². The lowest BCUT2D eigenvalue weighted by molar-refractivity contribution is -0.117. The molecule has 1 aliphatic heterocycles. The van der Waals surface area contributed by atoms with Crippen molar-refractivity contribution in [3.8, 4) is 0 Å². The van der Waals surface area contributed by atoms with Gasteiger partial charge < -0.3 is 5.32 Å². The van der Waals surface area contributed by atoms with Gasteiger partial charge in [0.2, 0.25) is 5.91 Å². The van der Waals surface area contributed by atoms with Crippen LogP contribution in [0, 0.1) is 0 Å². The van der Waals surface area contributed by atoms with Gasteiger partial charge in [0.1, 0.15) is 0 Å². The maximum Gasteiger partial charge on any atom is 0.235 e. The van der Waals surface area contributed by atoms with Crippen LogP contribution >= 0.6 is 0 Å². The van der Waals surface area contributed by atoms with Gasteiger partial charge in [0.15, 0.2) is 0 Å². The SMILES string of the molecule is CCc1cc2c(cn1)C1(CC1)C(=O)N2. The molecule has 2 aliphatic rings. The van der Waals surface area contributed by atoms with Crippen molar-refractivity contribution in [2.24, 2.45) is 0 Å². The molecule has 0 aromatic carbocycles. The predicted molar refractivity (Wildman–Crippen MR) is 53.2 cm³/mol. The minimum atomic E-state index is -0.186. The zero-order chi connectivity index (χ0) is 9.76. The summed E-state index contributed by atoms with van der Waals surface area (Å²) in [4.78, 5) is 16.0. The molecule has 0 atom stereocenters. The molecule has 72 valence electrons. The number of pyridine rings is 1. The summed E-state index contributed by atoms with van der Waals surface area (Å²) < 4.78 is 0. The average molecular weight is 188 g/mol. The Labute approximate surface area is 82.5 Å². The van der Waals surface area contributed by atoms with Gasteiger partial charge >= 0.3 is 0 Å². The molecule has 3 heteroatoms. The molecule has 0 saturated heterocycles. The lowest BCUT2D eigenvalue weighted by Gasteiger charge is -2.03. The summed E-state index contributed by atoms with van der Waals surface area (Å²) in [6.45, 7) is 2.07. The average Bonchev–Trinajstić information content (AvgIpc) is 2.93. The molecule has 0 radical (unpaired) electrons. The van der Waals surface area contributed by atoms with E-state index in [1.165, 1.54) is 0 Å². The van der Waals surface area contributed by atoms with Gasteiger partial charge in [-0.15, -0.1) is 0 Å². The Balaban J connectivity index is 2.14. The molecule has 1 fully saturated rings. The van der Waals surface area contributed by atoms with Crippen molar-refractivity contribution in [2.75, 3.05) is 5.32 Å². The Bertz CT molecular complexity index is 421. The lowest BCUT2D eigenvalue weighted by Crippen LogP contribution is -2.18. The first kappa shape index (κ1) is 7.97. The Morgan fingerprint density at radius 2 is 2.36 bits per heavy atom. The first-order valence-corrected chi connectivity index (χ1v) is 5.07. The molecule has 14 heavy (non-hydrogen) atoms. The number of nitrogens with zero attached hydrogens (tertiary/aromatic N) is 1. The standard InChI is InChI=1S/C11H12N2O/c1-2-7-5-9-8(6-12-7)11(3-4-11)10(14)13-9/h5-6H,2-4H2,1H3,(H,13,14). The third-order valence-corrected chi connectivity index (χ3v) is 3.27. The number of anilines is 1. The van der Waals surface area contributed by atoms with Gasteiger partial charge in [0, 0.05) is 23.1 Å². The van der Waals surface area contributed by atoms with E-state index in [9.17, 15) is 4.79 Å². The summed E-state index contributed by atoms with van der Waals surface area (Å²) >= 11 is 0.